The monoisotopic (exact) mass is 345 g/mol. The van der Waals surface area contributed by atoms with Gasteiger partial charge in [0, 0.05) is 10.0 Å². The third-order valence-corrected chi connectivity index (χ3v) is 4.88. The molecule has 2 rings (SSSR count). The van der Waals surface area contributed by atoms with Crippen LogP contribution in [-0.4, -0.2) is 18.6 Å². The maximum absolute atomic E-state index is 11.5. The number of sulfonamides is 1. The van der Waals surface area contributed by atoms with Gasteiger partial charge in [0.05, 0.1) is 0 Å². The van der Waals surface area contributed by atoms with Gasteiger partial charge in [0.1, 0.15) is 0 Å². The lowest BCUT2D eigenvalue weighted by atomic mass is 10.2. The van der Waals surface area contributed by atoms with Crippen LogP contribution in [0.1, 0.15) is 19.7 Å². The molecule has 102 valence electrons. The third kappa shape index (κ3) is 2.70. The predicted molar refractivity (Wildman–Crippen MR) is 73.6 cm³/mol. The molecule has 1 heterocycles. The Morgan fingerprint density at radius 1 is 1.26 bits per heavy atom. The minimum absolute atomic E-state index is 0.0343. The smallest absolute Gasteiger partial charge is 0.249 e. The molecule has 2 aromatic rings. The first kappa shape index (κ1) is 14.2. The van der Waals surface area contributed by atoms with E-state index in [4.69, 9.17) is 9.66 Å². The zero-order valence-electron chi connectivity index (χ0n) is 10.3. The van der Waals surface area contributed by atoms with Crippen LogP contribution < -0.4 is 5.14 Å². The summed E-state index contributed by atoms with van der Waals surface area (Å²) in [5.41, 5.74) is 0.725. The number of nitrogens with zero attached hydrogens (tertiary/aromatic N) is 2. The zero-order chi connectivity index (χ0) is 14.3. The van der Waals surface area contributed by atoms with Gasteiger partial charge in [-0.2, -0.15) is 4.98 Å². The van der Waals surface area contributed by atoms with E-state index in [1.54, 1.807) is 12.1 Å². The molecule has 1 aromatic carbocycles. The first-order valence-electron chi connectivity index (χ1n) is 5.34. The summed E-state index contributed by atoms with van der Waals surface area (Å²) in [6, 6.07) is 7.25. The van der Waals surface area contributed by atoms with E-state index in [0.717, 1.165) is 10.0 Å². The SMILES string of the molecule is CC(C)(c1nc(-c2ccc(Br)cc2)no1)S(N)(=O)=O. The van der Waals surface area contributed by atoms with Crippen molar-refractivity contribution in [2.24, 2.45) is 5.14 Å². The minimum Gasteiger partial charge on any atom is -0.337 e. The van der Waals surface area contributed by atoms with Crippen molar-refractivity contribution in [1.29, 1.82) is 0 Å². The lowest BCUT2D eigenvalue weighted by Crippen LogP contribution is -2.35. The number of benzene rings is 1. The van der Waals surface area contributed by atoms with Gasteiger partial charge in [0.2, 0.25) is 21.7 Å². The molecule has 0 bridgehead atoms. The molecule has 0 atom stereocenters. The number of nitrogens with two attached hydrogens (primary N) is 1. The van der Waals surface area contributed by atoms with Crippen LogP contribution in [0.2, 0.25) is 0 Å². The predicted octanol–water partition coefficient (Wildman–Crippen LogP) is 2.02. The van der Waals surface area contributed by atoms with Crippen molar-refractivity contribution in [3.05, 3.63) is 34.6 Å². The van der Waals surface area contributed by atoms with Crippen molar-refractivity contribution in [2.75, 3.05) is 0 Å². The number of halogens is 1. The fourth-order valence-corrected chi connectivity index (χ4v) is 1.90. The summed E-state index contributed by atoms with van der Waals surface area (Å²) in [5.74, 6) is 0.284. The van der Waals surface area contributed by atoms with Crippen molar-refractivity contribution in [2.45, 2.75) is 18.6 Å². The molecule has 1 aromatic heterocycles. The average Bonchev–Trinajstić information content (AvgIpc) is 2.78. The van der Waals surface area contributed by atoms with Crippen LogP contribution in [0.5, 0.6) is 0 Å². The second-order valence-corrected chi connectivity index (χ2v) is 7.51. The molecule has 19 heavy (non-hydrogen) atoms. The van der Waals surface area contributed by atoms with Crippen LogP contribution in [0.15, 0.2) is 33.3 Å². The third-order valence-electron chi connectivity index (χ3n) is 2.75. The van der Waals surface area contributed by atoms with Gasteiger partial charge in [-0.3, -0.25) is 0 Å². The van der Waals surface area contributed by atoms with Gasteiger partial charge in [-0.15, -0.1) is 0 Å². The van der Waals surface area contributed by atoms with E-state index in [1.807, 2.05) is 12.1 Å². The van der Waals surface area contributed by atoms with Crippen LogP contribution >= 0.6 is 15.9 Å². The number of hydrogen-bond acceptors (Lipinski definition) is 5. The van der Waals surface area contributed by atoms with Crippen molar-refractivity contribution in [3.8, 4) is 11.4 Å². The van der Waals surface area contributed by atoms with Crippen LogP contribution in [0.25, 0.3) is 11.4 Å². The van der Waals surface area contributed by atoms with E-state index < -0.39 is 14.8 Å². The van der Waals surface area contributed by atoms with Crippen LogP contribution in [-0.2, 0) is 14.8 Å². The van der Waals surface area contributed by atoms with Gasteiger partial charge in [-0.25, -0.2) is 13.6 Å². The highest BCUT2D eigenvalue weighted by Crippen LogP contribution is 2.28. The van der Waals surface area contributed by atoms with Gasteiger partial charge in [-0.1, -0.05) is 21.1 Å². The number of primary sulfonamides is 1. The molecule has 0 aliphatic heterocycles. The molecule has 0 unspecified atom stereocenters. The quantitative estimate of drug-likeness (QED) is 0.917. The summed E-state index contributed by atoms with van der Waals surface area (Å²) in [6.07, 6.45) is 0. The molecule has 0 saturated heterocycles. The standard InChI is InChI=1S/C11H12BrN3O3S/c1-11(2,19(13,16)17)10-14-9(15-18-10)7-3-5-8(12)6-4-7/h3-6H,1-2H3,(H2,13,16,17). The molecule has 0 radical (unpaired) electrons. The highest BCUT2D eigenvalue weighted by molar-refractivity contribution is 9.10. The Labute approximate surface area is 119 Å². The summed E-state index contributed by atoms with van der Waals surface area (Å²) < 4.78 is 27.5. The lowest BCUT2D eigenvalue weighted by molar-refractivity contribution is 0.347. The van der Waals surface area contributed by atoms with Crippen molar-refractivity contribution in [1.82, 2.24) is 10.1 Å². The molecule has 0 aliphatic rings. The normalized spacial score (nSPS) is 12.6. The van der Waals surface area contributed by atoms with Gasteiger partial charge >= 0.3 is 0 Å². The summed E-state index contributed by atoms with van der Waals surface area (Å²) in [5, 5.41) is 8.93. The Bertz CT molecular complexity index is 692. The highest BCUT2D eigenvalue weighted by Gasteiger charge is 2.39. The van der Waals surface area contributed by atoms with Gasteiger partial charge in [0.25, 0.3) is 0 Å². The van der Waals surface area contributed by atoms with E-state index >= 15 is 0 Å². The topological polar surface area (TPSA) is 99.1 Å². The van der Waals surface area contributed by atoms with Gasteiger partial charge in [0.15, 0.2) is 4.75 Å². The van der Waals surface area contributed by atoms with Gasteiger partial charge < -0.3 is 4.52 Å². The molecular formula is C11H12BrN3O3S. The maximum Gasteiger partial charge on any atom is 0.249 e. The molecule has 2 N–H and O–H groups in total. The second-order valence-electron chi connectivity index (χ2n) is 4.49. The van der Waals surface area contributed by atoms with Crippen molar-refractivity contribution < 1.29 is 12.9 Å². The minimum atomic E-state index is -3.83. The van der Waals surface area contributed by atoms with E-state index in [9.17, 15) is 8.42 Å². The van der Waals surface area contributed by atoms with Crippen LogP contribution in [0.4, 0.5) is 0 Å². The molecule has 8 heteroatoms. The number of aromatic nitrogens is 2. The molecule has 0 aliphatic carbocycles. The summed E-state index contributed by atoms with van der Waals surface area (Å²) in [4.78, 5) is 4.10. The second kappa shape index (κ2) is 4.69. The molecular weight excluding hydrogens is 334 g/mol. The Hall–Kier alpha value is -1.25. The van der Waals surface area contributed by atoms with E-state index in [-0.39, 0.29) is 5.89 Å². The molecule has 0 fully saturated rings. The Balaban J connectivity index is 2.42. The summed E-state index contributed by atoms with van der Waals surface area (Å²) >= 11 is 3.32. The highest BCUT2D eigenvalue weighted by atomic mass is 79.9. The number of rotatable bonds is 3. The van der Waals surface area contributed by atoms with Gasteiger partial charge in [-0.05, 0) is 38.1 Å². The first-order valence-corrected chi connectivity index (χ1v) is 7.68. The van der Waals surface area contributed by atoms with Crippen LogP contribution in [0, 0.1) is 0 Å². The van der Waals surface area contributed by atoms with E-state index in [0.29, 0.717) is 5.82 Å². The average molecular weight is 346 g/mol. The largest absolute Gasteiger partial charge is 0.337 e. The molecule has 0 amide bonds. The van der Waals surface area contributed by atoms with Crippen LogP contribution in [0.3, 0.4) is 0 Å². The Morgan fingerprint density at radius 2 is 1.84 bits per heavy atom. The maximum atomic E-state index is 11.5. The van der Waals surface area contributed by atoms with E-state index in [2.05, 4.69) is 26.1 Å². The number of hydrogen-bond donors (Lipinski definition) is 1. The Kier molecular flexibility index (Phi) is 3.50. The first-order chi connectivity index (χ1) is 8.72. The molecule has 0 saturated carbocycles. The molecule has 0 spiro atoms. The zero-order valence-corrected chi connectivity index (χ0v) is 12.7. The summed E-state index contributed by atoms with van der Waals surface area (Å²) in [6.45, 7) is 2.84. The molecule has 6 nitrogen and oxygen atoms in total. The summed E-state index contributed by atoms with van der Waals surface area (Å²) in [7, 11) is -3.83. The van der Waals surface area contributed by atoms with Crippen molar-refractivity contribution in [3.63, 3.8) is 0 Å². The van der Waals surface area contributed by atoms with E-state index in [1.165, 1.54) is 13.8 Å². The van der Waals surface area contributed by atoms with Crippen molar-refractivity contribution >= 4 is 26.0 Å². The fraction of sp³-hybridized carbons (Fsp3) is 0.273. The fourth-order valence-electron chi connectivity index (χ4n) is 1.31. The lowest BCUT2D eigenvalue weighted by Gasteiger charge is -2.15. The Morgan fingerprint density at radius 3 is 2.37 bits per heavy atom.